The number of halogens is 3. The maximum atomic E-state index is 13.6. The predicted octanol–water partition coefficient (Wildman–Crippen LogP) is 4.48. The molecule has 0 aliphatic heterocycles. The maximum absolute atomic E-state index is 13.6. The first-order valence-corrected chi connectivity index (χ1v) is 8.82. The molecule has 1 N–H and O–H groups in total. The average molecular weight is 415 g/mol. The number of carbonyl (C=O) groups excluding carboxylic acids is 2. The number of esters is 1. The minimum atomic E-state index is -1.71. The summed E-state index contributed by atoms with van der Waals surface area (Å²) >= 11 is 0. The first kappa shape index (κ1) is 20.9. The summed E-state index contributed by atoms with van der Waals surface area (Å²) in [5, 5.41) is 2.02. The van der Waals surface area contributed by atoms with E-state index in [0.29, 0.717) is 17.4 Å². The van der Waals surface area contributed by atoms with Crippen LogP contribution < -0.4 is 10.1 Å². The number of hydrogen-bond acceptors (Lipinski definition) is 4. The van der Waals surface area contributed by atoms with Gasteiger partial charge in [-0.25, -0.2) is 18.0 Å². The molecule has 0 fully saturated rings. The van der Waals surface area contributed by atoms with Gasteiger partial charge in [-0.2, -0.15) is 0 Å². The Morgan fingerprint density at radius 3 is 2.30 bits per heavy atom. The summed E-state index contributed by atoms with van der Waals surface area (Å²) in [5.74, 6) is -5.72. The molecule has 8 heteroatoms. The first-order valence-electron chi connectivity index (χ1n) is 8.82. The van der Waals surface area contributed by atoms with E-state index in [4.69, 9.17) is 9.47 Å². The van der Waals surface area contributed by atoms with Crippen LogP contribution in [0.1, 0.15) is 15.9 Å². The van der Waals surface area contributed by atoms with Gasteiger partial charge in [-0.3, -0.25) is 4.79 Å². The third kappa shape index (κ3) is 5.16. The molecule has 0 unspecified atom stereocenters. The van der Waals surface area contributed by atoms with Crippen molar-refractivity contribution in [2.75, 3.05) is 11.9 Å². The smallest absolute Gasteiger partial charge is 0.339 e. The lowest BCUT2D eigenvalue weighted by molar-refractivity contribution is -0.119. The van der Waals surface area contributed by atoms with Crippen molar-refractivity contribution >= 4 is 17.6 Å². The van der Waals surface area contributed by atoms with E-state index < -0.39 is 41.6 Å². The van der Waals surface area contributed by atoms with Crippen LogP contribution >= 0.6 is 0 Å². The minimum absolute atomic E-state index is 0.0988. The molecule has 0 atom stereocenters. The molecular weight excluding hydrogens is 399 g/mol. The normalized spacial score (nSPS) is 10.4. The monoisotopic (exact) mass is 415 g/mol. The van der Waals surface area contributed by atoms with E-state index in [1.54, 1.807) is 30.3 Å². The summed E-state index contributed by atoms with van der Waals surface area (Å²) in [7, 11) is 0. The van der Waals surface area contributed by atoms with Crippen LogP contribution in [0.4, 0.5) is 18.9 Å². The molecule has 0 radical (unpaired) electrons. The fourth-order valence-electron chi connectivity index (χ4n) is 2.54. The molecule has 3 rings (SSSR count). The highest BCUT2D eigenvalue weighted by molar-refractivity contribution is 5.96. The van der Waals surface area contributed by atoms with E-state index in [2.05, 4.69) is 0 Å². The SMILES string of the molecule is O=C(COC(=O)c1ccccc1COc1ccccc1)Nc1ccc(F)c(F)c1F. The number of anilines is 1. The molecule has 0 aliphatic rings. The van der Waals surface area contributed by atoms with Gasteiger partial charge in [0.05, 0.1) is 11.3 Å². The van der Waals surface area contributed by atoms with Crippen LogP contribution in [0, 0.1) is 17.5 Å². The lowest BCUT2D eigenvalue weighted by Crippen LogP contribution is -2.22. The molecule has 3 aromatic rings. The highest BCUT2D eigenvalue weighted by Gasteiger charge is 2.18. The van der Waals surface area contributed by atoms with E-state index in [1.807, 2.05) is 23.5 Å². The standard InChI is InChI=1S/C22H16F3NO4/c23-17-10-11-18(21(25)20(17)24)26-19(27)13-30-22(28)16-9-5-4-6-14(16)12-29-15-7-2-1-3-8-15/h1-11H,12-13H2,(H,26,27). The second-order valence-corrected chi connectivity index (χ2v) is 6.11. The number of para-hydroxylation sites is 1. The third-order valence-electron chi connectivity index (χ3n) is 4.02. The summed E-state index contributed by atoms with van der Waals surface area (Å²) in [6.07, 6.45) is 0. The lowest BCUT2D eigenvalue weighted by atomic mass is 10.1. The minimum Gasteiger partial charge on any atom is -0.489 e. The van der Waals surface area contributed by atoms with Gasteiger partial charge in [-0.05, 0) is 30.3 Å². The van der Waals surface area contributed by atoms with Gasteiger partial charge in [0, 0.05) is 5.56 Å². The fourth-order valence-corrected chi connectivity index (χ4v) is 2.54. The Labute approximate surface area is 170 Å². The molecule has 0 bridgehead atoms. The molecule has 3 aromatic carbocycles. The highest BCUT2D eigenvalue weighted by Crippen LogP contribution is 2.20. The number of amides is 1. The summed E-state index contributed by atoms with van der Waals surface area (Å²) < 4.78 is 50.3. The number of carbonyl (C=O) groups is 2. The van der Waals surface area contributed by atoms with E-state index in [0.717, 1.165) is 6.07 Å². The molecule has 1 amide bonds. The molecule has 0 saturated carbocycles. The summed E-state index contributed by atoms with van der Waals surface area (Å²) in [5.41, 5.74) is 0.172. The average Bonchev–Trinajstić information content (AvgIpc) is 2.77. The fraction of sp³-hybridized carbons (Fsp3) is 0.0909. The predicted molar refractivity (Wildman–Crippen MR) is 102 cm³/mol. The van der Waals surface area contributed by atoms with Gasteiger partial charge < -0.3 is 14.8 Å². The van der Waals surface area contributed by atoms with Crippen LogP contribution in [0.25, 0.3) is 0 Å². The van der Waals surface area contributed by atoms with Crippen molar-refractivity contribution < 1.29 is 32.2 Å². The van der Waals surface area contributed by atoms with E-state index >= 15 is 0 Å². The Bertz CT molecular complexity index is 1060. The molecule has 0 saturated heterocycles. The van der Waals surface area contributed by atoms with E-state index in [9.17, 15) is 22.8 Å². The zero-order valence-electron chi connectivity index (χ0n) is 15.5. The zero-order chi connectivity index (χ0) is 21.5. The van der Waals surface area contributed by atoms with Crippen LogP contribution in [0.15, 0.2) is 66.7 Å². The highest BCUT2D eigenvalue weighted by atomic mass is 19.2. The Balaban J connectivity index is 1.60. The van der Waals surface area contributed by atoms with Crippen LogP contribution in [-0.4, -0.2) is 18.5 Å². The molecule has 0 heterocycles. The molecule has 154 valence electrons. The maximum Gasteiger partial charge on any atom is 0.339 e. The van der Waals surface area contributed by atoms with Crippen molar-refractivity contribution in [3.8, 4) is 5.75 Å². The van der Waals surface area contributed by atoms with Gasteiger partial charge in [0.25, 0.3) is 5.91 Å². The van der Waals surface area contributed by atoms with Gasteiger partial charge in [-0.1, -0.05) is 36.4 Å². The molecule has 30 heavy (non-hydrogen) atoms. The van der Waals surface area contributed by atoms with Gasteiger partial charge in [-0.15, -0.1) is 0 Å². The number of hydrogen-bond donors (Lipinski definition) is 1. The molecular formula is C22H16F3NO4. The van der Waals surface area contributed by atoms with Crippen LogP contribution in [0.5, 0.6) is 5.75 Å². The quantitative estimate of drug-likeness (QED) is 0.457. The summed E-state index contributed by atoms with van der Waals surface area (Å²) in [4.78, 5) is 24.3. The topological polar surface area (TPSA) is 64.6 Å². The van der Waals surface area contributed by atoms with Gasteiger partial charge in [0.15, 0.2) is 24.1 Å². The van der Waals surface area contributed by atoms with Crippen LogP contribution in [0.2, 0.25) is 0 Å². The Morgan fingerprint density at radius 2 is 1.53 bits per heavy atom. The van der Waals surface area contributed by atoms with E-state index in [-0.39, 0.29) is 12.2 Å². The third-order valence-corrected chi connectivity index (χ3v) is 4.02. The van der Waals surface area contributed by atoms with Crippen molar-refractivity contribution in [3.05, 3.63) is 95.3 Å². The number of benzene rings is 3. The Kier molecular flexibility index (Phi) is 6.69. The molecule has 0 aliphatic carbocycles. The lowest BCUT2D eigenvalue weighted by Gasteiger charge is -2.11. The molecule has 0 spiro atoms. The second-order valence-electron chi connectivity index (χ2n) is 6.11. The van der Waals surface area contributed by atoms with Crippen LogP contribution in [0.3, 0.4) is 0 Å². The van der Waals surface area contributed by atoms with Crippen molar-refractivity contribution in [2.45, 2.75) is 6.61 Å². The number of nitrogens with one attached hydrogen (secondary N) is 1. The van der Waals surface area contributed by atoms with Gasteiger partial charge >= 0.3 is 5.97 Å². The summed E-state index contributed by atoms with van der Waals surface area (Å²) in [6.45, 7) is -0.646. The van der Waals surface area contributed by atoms with Crippen molar-refractivity contribution in [1.29, 1.82) is 0 Å². The van der Waals surface area contributed by atoms with Crippen molar-refractivity contribution in [3.63, 3.8) is 0 Å². The molecule has 0 aromatic heterocycles. The van der Waals surface area contributed by atoms with Gasteiger partial charge in [0.1, 0.15) is 12.4 Å². The Morgan fingerprint density at radius 1 is 0.833 bits per heavy atom. The second kappa shape index (κ2) is 9.60. The molecule has 5 nitrogen and oxygen atoms in total. The van der Waals surface area contributed by atoms with Crippen molar-refractivity contribution in [2.24, 2.45) is 0 Å². The summed E-state index contributed by atoms with van der Waals surface area (Å²) in [6, 6.07) is 17.1. The largest absolute Gasteiger partial charge is 0.489 e. The van der Waals surface area contributed by atoms with Crippen LogP contribution in [-0.2, 0) is 16.1 Å². The zero-order valence-corrected chi connectivity index (χ0v) is 15.5. The Hall–Kier alpha value is -3.81. The van der Waals surface area contributed by atoms with E-state index in [1.165, 1.54) is 6.07 Å². The van der Waals surface area contributed by atoms with Crippen molar-refractivity contribution in [1.82, 2.24) is 0 Å². The first-order chi connectivity index (χ1) is 14.5. The van der Waals surface area contributed by atoms with Gasteiger partial charge in [0.2, 0.25) is 0 Å². The number of rotatable bonds is 7. The number of ether oxygens (including phenoxy) is 2.